The van der Waals surface area contributed by atoms with Gasteiger partial charge in [0, 0.05) is 0 Å². The van der Waals surface area contributed by atoms with E-state index in [1.165, 1.54) is 0 Å². The van der Waals surface area contributed by atoms with Crippen molar-refractivity contribution < 1.29 is 9.90 Å². The van der Waals surface area contributed by atoms with E-state index in [4.69, 9.17) is 0 Å². The number of aliphatic carboxylic acids is 1. The van der Waals surface area contributed by atoms with Crippen molar-refractivity contribution in [1.82, 2.24) is 4.90 Å². The van der Waals surface area contributed by atoms with E-state index in [-0.39, 0.29) is 12.4 Å². The molecule has 0 saturated carbocycles. The molecule has 0 aliphatic carbocycles. The molecule has 4 heteroatoms. The number of rotatable bonds is 5. The second-order valence-corrected chi connectivity index (χ2v) is 3.37. The zero-order valence-electron chi connectivity index (χ0n) is 9.59. The van der Waals surface area contributed by atoms with Crippen LogP contribution in [-0.4, -0.2) is 29.1 Å². The number of likely N-dealkylation sites (N-methyl/N-ethyl adjacent to an activating group) is 1. The van der Waals surface area contributed by atoms with Crippen LogP contribution in [0.25, 0.3) is 0 Å². The summed E-state index contributed by atoms with van der Waals surface area (Å²) in [6.07, 6.45) is 0. The Balaban J connectivity index is 0.00000225. The number of hydrogen-bond acceptors (Lipinski definition) is 2. The van der Waals surface area contributed by atoms with Crippen LogP contribution in [0.5, 0.6) is 0 Å². The fraction of sp³-hybridized carbons (Fsp3) is 0.417. The van der Waals surface area contributed by atoms with Crippen LogP contribution in [0.15, 0.2) is 30.3 Å². The molecule has 1 rings (SSSR count). The molecule has 0 aromatic heterocycles. The SMILES string of the molecule is CCN(CC)[C@@H](C(=O)O)c1ccccc1.Cl. The monoisotopic (exact) mass is 243 g/mol. The molecule has 0 saturated heterocycles. The van der Waals surface area contributed by atoms with Crippen molar-refractivity contribution in [2.75, 3.05) is 13.1 Å². The fourth-order valence-electron chi connectivity index (χ4n) is 1.73. The van der Waals surface area contributed by atoms with Gasteiger partial charge in [0.15, 0.2) is 0 Å². The second kappa shape index (κ2) is 7.25. The molecule has 1 aromatic rings. The Morgan fingerprint density at radius 2 is 1.75 bits per heavy atom. The molecule has 0 radical (unpaired) electrons. The van der Waals surface area contributed by atoms with Crippen LogP contribution in [0.2, 0.25) is 0 Å². The largest absolute Gasteiger partial charge is 0.480 e. The van der Waals surface area contributed by atoms with Gasteiger partial charge in [0.1, 0.15) is 6.04 Å². The van der Waals surface area contributed by atoms with Crippen molar-refractivity contribution in [3.05, 3.63) is 35.9 Å². The Bertz CT molecular complexity index is 312. The van der Waals surface area contributed by atoms with Gasteiger partial charge < -0.3 is 5.11 Å². The summed E-state index contributed by atoms with van der Waals surface area (Å²) in [6.45, 7) is 5.43. The first-order chi connectivity index (χ1) is 7.20. The summed E-state index contributed by atoms with van der Waals surface area (Å²) < 4.78 is 0. The van der Waals surface area contributed by atoms with Crippen LogP contribution in [-0.2, 0) is 4.79 Å². The Hall–Kier alpha value is -1.06. The van der Waals surface area contributed by atoms with Crippen molar-refractivity contribution in [3.8, 4) is 0 Å². The minimum absolute atomic E-state index is 0. The lowest BCUT2D eigenvalue weighted by molar-refractivity contribution is -0.143. The predicted octanol–water partition coefficient (Wildman–Crippen LogP) is 2.58. The predicted molar refractivity (Wildman–Crippen MR) is 67.0 cm³/mol. The van der Waals surface area contributed by atoms with Crippen molar-refractivity contribution in [2.24, 2.45) is 0 Å². The van der Waals surface area contributed by atoms with Gasteiger partial charge in [-0.05, 0) is 18.7 Å². The molecule has 16 heavy (non-hydrogen) atoms. The summed E-state index contributed by atoms with van der Waals surface area (Å²) >= 11 is 0. The van der Waals surface area contributed by atoms with Gasteiger partial charge in [0.25, 0.3) is 0 Å². The molecule has 3 nitrogen and oxygen atoms in total. The van der Waals surface area contributed by atoms with E-state index in [0.717, 1.165) is 18.7 Å². The maximum atomic E-state index is 11.2. The lowest BCUT2D eigenvalue weighted by Crippen LogP contribution is -2.33. The van der Waals surface area contributed by atoms with Crippen LogP contribution < -0.4 is 0 Å². The van der Waals surface area contributed by atoms with Crippen LogP contribution in [0.1, 0.15) is 25.5 Å². The number of carboxylic acids is 1. The Kier molecular flexibility index (Phi) is 6.77. The molecule has 0 heterocycles. The quantitative estimate of drug-likeness (QED) is 0.864. The average molecular weight is 244 g/mol. The molecule has 0 amide bonds. The Morgan fingerprint density at radius 3 is 2.12 bits per heavy atom. The van der Waals surface area contributed by atoms with Gasteiger partial charge in [-0.1, -0.05) is 44.2 Å². The third kappa shape index (κ3) is 3.51. The Morgan fingerprint density at radius 1 is 1.25 bits per heavy atom. The van der Waals surface area contributed by atoms with Crippen molar-refractivity contribution in [2.45, 2.75) is 19.9 Å². The summed E-state index contributed by atoms with van der Waals surface area (Å²) in [5.41, 5.74) is 0.841. The van der Waals surface area contributed by atoms with Gasteiger partial charge in [0.05, 0.1) is 0 Å². The molecule has 1 N–H and O–H groups in total. The topological polar surface area (TPSA) is 40.5 Å². The van der Waals surface area contributed by atoms with Crippen LogP contribution >= 0.6 is 12.4 Å². The fourth-order valence-corrected chi connectivity index (χ4v) is 1.73. The molecule has 0 bridgehead atoms. The molecule has 0 unspecified atom stereocenters. The third-order valence-corrected chi connectivity index (χ3v) is 2.53. The highest BCUT2D eigenvalue weighted by Crippen LogP contribution is 2.20. The molecular formula is C12H18ClNO2. The van der Waals surface area contributed by atoms with Crippen LogP contribution in [0, 0.1) is 0 Å². The summed E-state index contributed by atoms with van der Waals surface area (Å²) in [4.78, 5) is 13.1. The zero-order chi connectivity index (χ0) is 11.3. The number of carbonyl (C=O) groups is 1. The first-order valence-corrected chi connectivity index (χ1v) is 5.22. The minimum Gasteiger partial charge on any atom is -0.480 e. The summed E-state index contributed by atoms with van der Waals surface area (Å²) in [6, 6.07) is 8.82. The molecule has 0 fully saturated rings. The van der Waals surface area contributed by atoms with E-state index < -0.39 is 12.0 Å². The standard InChI is InChI=1S/C12H17NO2.ClH/c1-3-13(4-2)11(12(14)15)10-8-6-5-7-9-10;/h5-9,11H,3-4H2,1-2H3,(H,14,15);1H/t11-;/m1./s1. The minimum atomic E-state index is -0.787. The van der Waals surface area contributed by atoms with Crippen molar-refractivity contribution >= 4 is 18.4 Å². The molecule has 90 valence electrons. The van der Waals surface area contributed by atoms with E-state index in [9.17, 15) is 9.90 Å². The van der Waals surface area contributed by atoms with Crippen LogP contribution in [0.3, 0.4) is 0 Å². The number of hydrogen-bond donors (Lipinski definition) is 1. The van der Waals surface area contributed by atoms with Gasteiger partial charge in [0.2, 0.25) is 0 Å². The van der Waals surface area contributed by atoms with Crippen molar-refractivity contribution in [3.63, 3.8) is 0 Å². The summed E-state index contributed by atoms with van der Waals surface area (Å²) in [7, 11) is 0. The van der Waals surface area contributed by atoms with E-state index in [1.54, 1.807) is 0 Å². The number of benzene rings is 1. The third-order valence-electron chi connectivity index (χ3n) is 2.53. The van der Waals surface area contributed by atoms with Crippen molar-refractivity contribution in [1.29, 1.82) is 0 Å². The summed E-state index contributed by atoms with van der Waals surface area (Å²) in [5.74, 6) is -0.787. The maximum Gasteiger partial charge on any atom is 0.325 e. The Labute approximate surface area is 102 Å². The first kappa shape index (κ1) is 14.9. The van der Waals surface area contributed by atoms with Gasteiger partial charge in [-0.15, -0.1) is 12.4 Å². The lowest BCUT2D eigenvalue weighted by atomic mass is 10.1. The van der Waals surface area contributed by atoms with Crippen LogP contribution in [0.4, 0.5) is 0 Å². The first-order valence-electron chi connectivity index (χ1n) is 5.22. The highest BCUT2D eigenvalue weighted by atomic mass is 35.5. The number of nitrogens with zero attached hydrogens (tertiary/aromatic N) is 1. The van der Waals surface area contributed by atoms with Gasteiger partial charge in [-0.2, -0.15) is 0 Å². The van der Waals surface area contributed by atoms with Gasteiger partial charge in [-0.25, -0.2) is 0 Å². The molecule has 0 spiro atoms. The highest BCUT2D eigenvalue weighted by Gasteiger charge is 2.24. The second-order valence-electron chi connectivity index (χ2n) is 3.37. The molecule has 1 aromatic carbocycles. The number of carboxylic acid groups (broad SMARTS) is 1. The lowest BCUT2D eigenvalue weighted by Gasteiger charge is -2.26. The molecule has 0 aliphatic heterocycles. The van der Waals surface area contributed by atoms with E-state index in [2.05, 4.69) is 0 Å². The smallest absolute Gasteiger partial charge is 0.325 e. The summed E-state index contributed by atoms with van der Waals surface area (Å²) in [5, 5.41) is 9.22. The average Bonchev–Trinajstić information content (AvgIpc) is 2.26. The molecule has 0 aliphatic rings. The highest BCUT2D eigenvalue weighted by molar-refractivity contribution is 5.85. The number of halogens is 1. The van der Waals surface area contributed by atoms with Gasteiger partial charge in [-0.3, -0.25) is 9.69 Å². The molecule has 1 atom stereocenters. The zero-order valence-corrected chi connectivity index (χ0v) is 10.4. The maximum absolute atomic E-state index is 11.2. The van der Waals surface area contributed by atoms with E-state index >= 15 is 0 Å². The van der Waals surface area contributed by atoms with E-state index in [1.807, 2.05) is 49.1 Å². The molecular weight excluding hydrogens is 226 g/mol. The normalized spacial score (nSPS) is 11.9. The van der Waals surface area contributed by atoms with Gasteiger partial charge >= 0.3 is 5.97 Å². The van der Waals surface area contributed by atoms with E-state index in [0.29, 0.717) is 0 Å².